The topological polar surface area (TPSA) is 75.6 Å². The van der Waals surface area contributed by atoms with Crippen molar-refractivity contribution in [3.63, 3.8) is 0 Å². The number of anilines is 1. The van der Waals surface area contributed by atoms with Crippen molar-refractivity contribution < 1.29 is 4.79 Å². The van der Waals surface area contributed by atoms with Crippen LogP contribution < -0.4 is 5.32 Å². The molecule has 1 saturated carbocycles. The second kappa shape index (κ2) is 5.87. The third-order valence-corrected chi connectivity index (χ3v) is 4.53. The van der Waals surface area contributed by atoms with Crippen LogP contribution in [0.25, 0.3) is 11.0 Å². The molecule has 1 amide bonds. The molecule has 0 aliphatic heterocycles. The number of fused-ring (bicyclic) bond motifs is 1. The fraction of sp³-hybridized carbons (Fsp3) is 0.353. The van der Waals surface area contributed by atoms with Gasteiger partial charge in [0.1, 0.15) is 11.5 Å². The maximum Gasteiger partial charge on any atom is 0.259 e. The summed E-state index contributed by atoms with van der Waals surface area (Å²) in [5, 5.41) is 8.24. The Morgan fingerprint density at radius 3 is 2.96 bits per heavy atom. The van der Waals surface area contributed by atoms with Gasteiger partial charge in [-0.25, -0.2) is 9.67 Å². The van der Waals surface area contributed by atoms with E-state index in [9.17, 15) is 4.79 Å². The molecule has 3 aromatic heterocycles. The maximum atomic E-state index is 12.6. The predicted octanol–water partition coefficient (Wildman–Crippen LogP) is 3.52. The standard InChI is InChI=1S/C17H19N5O/c23-17(14-11-19-16-13(14)7-4-9-18-16)21-15-8-10-20-22(15)12-5-2-1-3-6-12/h4,7-12H,1-3,5-6H2,(H,18,19)(H,21,23). The van der Waals surface area contributed by atoms with Gasteiger partial charge in [-0.1, -0.05) is 19.3 Å². The van der Waals surface area contributed by atoms with Crippen LogP contribution in [0.15, 0.2) is 36.8 Å². The third-order valence-electron chi connectivity index (χ3n) is 4.53. The molecule has 23 heavy (non-hydrogen) atoms. The number of aromatic amines is 1. The Morgan fingerprint density at radius 2 is 2.09 bits per heavy atom. The first-order valence-electron chi connectivity index (χ1n) is 8.10. The Morgan fingerprint density at radius 1 is 1.22 bits per heavy atom. The fourth-order valence-corrected chi connectivity index (χ4v) is 3.36. The van der Waals surface area contributed by atoms with Crippen molar-refractivity contribution in [3.05, 3.63) is 42.4 Å². The van der Waals surface area contributed by atoms with Crippen LogP contribution >= 0.6 is 0 Å². The molecule has 3 heterocycles. The fourth-order valence-electron chi connectivity index (χ4n) is 3.36. The molecule has 0 saturated heterocycles. The van der Waals surface area contributed by atoms with Gasteiger partial charge >= 0.3 is 0 Å². The minimum absolute atomic E-state index is 0.137. The van der Waals surface area contributed by atoms with E-state index in [0.29, 0.717) is 11.6 Å². The van der Waals surface area contributed by atoms with Gasteiger partial charge in [0.25, 0.3) is 5.91 Å². The molecular formula is C17H19N5O. The third kappa shape index (κ3) is 2.60. The number of hydrogen-bond acceptors (Lipinski definition) is 3. The van der Waals surface area contributed by atoms with Crippen molar-refractivity contribution in [1.82, 2.24) is 19.7 Å². The molecule has 6 heteroatoms. The zero-order valence-electron chi connectivity index (χ0n) is 12.8. The van der Waals surface area contributed by atoms with Crippen LogP contribution in [-0.4, -0.2) is 25.7 Å². The lowest BCUT2D eigenvalue weighted by molar-refractivity contribution is 0.102. The SMILES string of the molecule is O=C(Nc1ccnn1C1CCCCC1)c1c[nH]c2ncccc12. The Bertz CT molecular complexity index is 828. The van der Waals surface area contributed by atoms with Gasteiger partial charge in [-0.3, -0.25) is 4.79 Å². The molecule has 3 aromatic rings. The molecule has 0 spiro atoms. The van der Waals surface area contributed by atoms with Gasteiger partial charge in [-0.05, 0) is 25.0 Å². The molecule has 1 aliphatic carbocycles. The molecule has 118 valence electrons. The number of carbonyl (C=O) groups excluding carboxylic acids is 1. The van der Waals surface area contributed by atoms with Crippen LogP contribution in [0.5, 0.6) is 0 Å². The highest BCUT2D eigenvalue weighted by molar-refractivity contribution is 6.11. The minimum atomic E-state index is -0.137. The average Bonchev–Trinajstić information content (AvgIpc) is 3.22. The predicted molar refractivity (Wildman–Crippen MR) is 88.4 cm³/mol. The second-order valence-corrected chi connectivity index (χ2v) is 6.01. The lowest BCUT2D eigenvalue weighted by atomic mass is 9.96. The minimum Gasteiger partial charge on any atom is -0.345 e. The van der Waals surface area contributed by atoms with Gasteiger partial charge in [0.15, 0.2) is 0 Å². The van der Waals surface area contributed by atoms with Crippen LogP contribution in [0.4, 0.5) is 5.82 Å². The highest BCUT2D eigenvalue weighted by Gasteiger charge is 2.20. The molecule has 0 bridgehead atoms. The summed E-state index contributed by atoms with van der Waals surface area (Å²) in [7, 11) is 0. The summed E-state index contributed by atoms with van der Waals surface area (Å²) >= 11 is 0. The van der Waals surface area contributed by atoms with E-state index in [-0.39, 0.29) is 5.91 Å². The monoisotopic (exact) mass is 309 g/mol. The Kier molecular flexibility index (Phi) is 3.57. The number of hydrogen-bond donors (Lipinski definition) is 2. The summed E-state index contributed by atoms with van der Waals surface area (Å²) in [6, 6.07) is 5.98. The summed E-state index contributed by atoms with van der Waals surface area (Å²) in [4.78, 5) is 19.9. The van der Waals surface area contributed by atoms with Gasteiger partial charge in [0, 0.05) is 23.8 Å². The Hall–Kier alpha value is -2.63. The van der Waals surface area contributed by atoms with Crippen LogP contribution in [0, 0.1) is 0 Å². The van der Waals surface area contributed by atoms with Crippen molar-refractivity contribution in [3.8, 4) is 0 Å². The number of H-pyrrole nitrogens is 1. The van der Waals surface area contributed by atoms with Gasteiger partial charge in [0.05, 0.1) is 17.8 Å². The smallest absolute Gasteiger partial charge is 0.259 e. The summed E-state index contributed by atoms with van der Waals surface area (Å²) in [5.41, 5.74) is 1.32. The summed E-state index contributed by atoms with van der Waals surface area (Å²) < 4.78 is 1.96. The van der Waals surface area contributed by atoms with Gasteiger partial charge < -0.3 is 10.3 Å². The zero-order chi connectivity index (χ0) is 15.6. The van der Waals surface area contributed by atoms with E-state index in [1.165, 1.54) is 19.3 Å². The highest BCUT2D eigenvalue weighted by Crippen LogP contribution is 2.30. The summed E-state index contributed by atoms with van der Waals surface area (Å²) in [5.74, 6) is 0.627. The van der Waals surface area contributed by atoms with E-state index in [2.05, 4.69) is 20.4 Å². The summed E-state index contributed by atoms with van der Waals surface area (Å²) in [6.07, 6.45) is 11.2. The quantitative estimate of drug-likeness (QED) is 0.777. The first kappa shape index (κ1) is 14.0. The molecule has 2 N–H and O–H groups in total. The molecule has 0 atom stereocenters. The van der Waals surface area contributed by atoms with Gasteiger partial charge in [0.2, 0.25) is 0 Å². The number of rotatable bonds is 3. The van der Waals surface area contributed by atoms with E-state index >= 15 is 0 Å². The number of amides is 1. The molecule has 1 aliphatic rings. The van der Waals surface area contributed by atoms with Crippen LogP contribution in [0.3, 0.4) is 0 Å². The van der Waals surface area contributed by atoms with Gasteiger partial charge in [-0.15, -0.1) is 0 Å². The maximum absolute atomic E-state index is 12.6. The number of nitrogens with one attached hydrogen (secondary N) is 2. The number of pyridine rings is 1. The van der Waals surface area contributed by atoms with Crippen molar-refractivity contribution >= 4 is 22.8 Å². The van der Waals surface area contributed by atoms with E-state index in [1.54, 1.807) is 18.6 Å². The lowest BCUT2D eigenvalue weighted by Crippen LogP contribution is -2.20. The van der Waals surface area contributed by atoms with Crippen molar-refractivity contribution in [2.24, 2.45) is 0 Å². The van der Waals surface area contributed by atoms with E-state index < -0.39 is 0 Å². The Balaban J connectivity index is 1.58. The van der Waals surface area contributed by atoms with Crippen molar-refractivity contribution in [2.75, 3.05) is 5.32 Å². The number of nitrogens with zero attached hydrogens (tertiary/aromatic N) is 3. The van der Waals surface area contributed by atoms with E-state index in [0.717, 1.165) is 29.7 Å². The van der Waals surface area contributed by atoms with E-state index in [1.807, 2.05) is 22.9 Å². The van der Waals surface area contributed by atoms with Gasteiger partial charge in [-0.2, -0.15) is 5.10 Å². The first-order valence-corrected chi connectivity index (χ1v) is 8.10. The first-order chi connectivity index (χ1) is 11.3. The van der Waals surface area contributed by atoms with Crippen molar-refractivity contribution in [2.45, 2.75) is 38.1 Å². The molecule has 1 fully saturated rings. The molecule has 0 aromatic carbocycles. The lowest BCUT2D eigenvalue weighted by Gasteiger charge is -2.23. The molecule has 4 rings (SSSR count). The normalized spacial score (nSPS) is 15.8. The largest absolute Gasteiger partial charge is 0.345 e. The zero-order valence-corrected chi connectivity index (χ0v) is 12.8. The molecule has 6 nitrogen and oxygen atoms in total. The summed E-state index contributed by atoms with van der Waals surface area (Å²) in [6.45, 7) is 0. The molecule has 0 radical (unpaired) electrons. The van der Waals surface area contributed by atoms with Crippen LogP contribution in [0.2, 0.25) is 0 Å². The van der Waals surface area contributed by atoms with Crippen LogP contribution in [-0.2, 0) is 0 Å². The van der Waals surface area contributed by atoms with Crippen LogP contribution in [0.1, 0.15) is 48.5 Å². The Labute approximate surface area is 133 Å². The average molecular weight is 309 g/mol. The molecule has 0 unspecified atom stereocenters. The van der Waals surface area contributed by atoms with Crippen molar-refractivity contribution in [1.29, 1.82) is 0 Å². The highest BCUT2D eigenvalue weighted by atomic mass is 16.1. The second-order valence-electron chi connectivity index (χ2n) is 6.01. The number of aromatic nitrogens is 4. The molecular weight excluding hydrogens is 290 g/mol. The number of carbonyl (C=O) groups is 1. The van der Waals surface area contributed by atoms with E-state index in [4.69, 9.17) is 0 Å².